The lowest BCUT2D eigenvalue weighted by atomic mass is 10.1. The molecule has 0 atom stereocenters. The fraction of sp³-hybridized carbons (Fsp3) is 0.158. The molecule has 0 amide bonds. The zero-order valence-electron chi connectivity index (χ0n) is 15.0. The molecule has 0 aliphatic carbocycles. The summed E-state index contributed by atoms with van der Waals surface area (Å²) in [5, 5.41) is 0.0139. The minimum Gasteiger partial charge on any atom is -0.334 e. The van der Waals surface area contributed by atoms with Crippen molar-refractivity contribution < 1.29 is 8.42 Å². The van der Waals surface area contributed by atoms with Gasteiger partial charge in [0.15, 0.2) is 5.03 Å². The van der Waals surface area contributed by atoms with Crippen molar-refractivity contribution in [3.05, 3.63) is 66.9 Å². The first-order valence-corrected chi connectivity index (χ1v) is 10.1. The molecule has 3 aromatic heterocycles. The smallest absolute Gasteiger partial charge is 0.280 e. The van der Waals surface area contributed by atoms with E-state index in [-0.39, 0.29) is 5.03 Å². The van der Waals surface area contributed by atoms with Crippen LogP contribution in [0.1, 0.15) is 12.7 Å². The highest BCUT2D eigenvalue weighted by Gasteiger charge is 2.19. The highest BCUT2D eigenvalue weighted by molar-refractivity contribution is 7.92. The molecule has 1 N–H and O–H groups in total. The molecule has 8 heteroatoms. The maximum absolute atomic E-state index is 12.7. The predicted octanol–water partition coefficient (Wildman–Crippen LogP) is 3.33. The number of hydrogen-bond donors (Lipinski definition) is 1. The minimum atomic E-state index is -3.76. The Bertz CT molecular complexity index is 1190. The third-order valence-corrected chi connectivity index (χ3v) is 5.60. The third-order valence-electron chi connectivity index (χ3n) is 4.34. The summed E-state index contributed by atoms with van der Waals surface area (Å²) in [6.07, 6.45) is 5.38. The van der Waals surface area contributed by atoms with Crippen LogP contribution in [0.3, 0.4) is 0 Å². The van der Waals surface area contributed by atoms with Crippen molar-refractivity contribution in [3.63, 3.8) is 0 Å². The van der Waals surface area contributed by atoms with E-state index < -0.39 is 10.0 Å². The van der Waals surface area contributed by atoms with Crippen LogP contribution in [0.15, 0.2) is 66.1 Å². The molecule has 0 aliphatic heterocycles. The number of benzene rings is 1. The molecule has 0 radical (unpaired) electrons. The van der Waals surface area contributed by atoms with E-state index in [4.69, 9.17) is 0 Å². The number of fused-ring (bicyclic) bond motifs is 1. The van der Waals surface area contributed by atoms with Gasteiger partial charge >= 0.3 is 0 Å². The van der Waals surface area contributed by atoms with Gasteiger partial charge in [0.1, 0.15) is 11.5 Å². The second-order valence-electron chi connectivity index (χ2n) is 6.19. The van der Waals surface area contributed by atoms with Crippen LogP contribution < -0.4 is 4.72 Å². The van der Waals surface area contributed by atoms with Gasteiger partial charge in [-0.25, -0.2) is 9.97 Å². The first-order valence-electron chi connectivity index (χ1n) is 8.57. The molecule has 4 rings (SSSR count). The topological polar surface area (TPSA) is 81.3 Å². The molecule has 27 heavy (non-hydrogen) atoms. The predicted molar refractivity (Wildman–Crippen MR) is 104 cm³/mol. The molecule has 7 nitrogen and oxygen atoms in total. The first kappa shape index (κ1) is 17.3. The van der Waals surface area contributed by atoms with Crippen molar-refractivity contribution in [3.8, 4) is 11.3 Å². The highest BCUT2D eigenvalue weighted by atomic mass is 32.2. The number of pyridine rings is 1. The molecule has 138 valence electrons. The highest BCUT2D eigenvalue weighted by Crippen LogP contribution is 2.24. The molecular formula is C19H19N5O2S. The van der Waals surface area contributed by atoms with E-state index in [1.807, 2.05) is 48.0 Å². The number of anilines is 1. The van der Waals surface area contributed by atoms with Crippen LogP contribution in [0, 0.1) is 6.92 Å². The van der Waals surface area contributed by atoms with Crippen LogP contribution in [0.5, 0.6) is 0 Å². The van der Waals surface area contributed by atoms with Gasteiger partial charge < -0.3 is 8.97 Å². The van der Waals surface area contributed by atoms with E-state index in [0.717, 1.165) is 16.9 Å². The van der Waals surface area contributed by atoms with Crippen molar-refractivity contribution in [1.82, 2.24) is 18.9 Å². The lowest BCUT2D eigenvalue weighted by Gasteiger charge is -2.07. The van der Waals surface area contributed by atoms with Crippen molar-refractivity contribution in [2.45, 2.75) is 25.4 Å². The molecule has 0 bridgehead atoms. The summed E-state index contributed by atoms with van der Waals surface area (Å²) in [6.45, 7) is 4.39. The van der Waals surface area contributed by atoms with Crippen LogP contribution in [0.4, 0.5) is 5.69 Å². The lowest BCUT2D eigenvalue weighted by molar-refractivity contribution is 0.598. The molecule has 3 heterocycles. The van der Waals surface area contributed by atoms with Gasteiger partial charge in [0.05, 0.1) is 5.69 Å². The number of aryl methyl sites for hydroxylation is 2. The quantitative estimate of drug-likeness (QED) is 0.575. The maximum atomic E-state index is 12.7. The van der Waals surface area contributed by atoms with Crippen molar-refractivity contribution >= 4 is 21.4 Å². The second kappa shape index (κ2) is 6.55. The Morgan fingerprint density at radius 1 is 1.07 bits per heavy atom. The van der Waals surface area contributed by atoms with Crippen LogP contribution in [-0.4, -0.2) is 27.4 Å². The third kappa shape index (κ3) is 3.31. The summed E-state index contributed by atoms with van der Waals surface area (Å²) in [5.74, 6) is 0.663. The van der Waals surface area contributed by atoms with Gasteiger partial charge in [0, 0.05) is 36.4 Å². The molecule has 0 saturated carbocycles. The van der Waals surface area contributed by atoms with Gasteiger partial charge in [-0.15, -0.1) is 0 Å². The van der Waals surface area contributed by atoms with Crippen LogP contribution >= 0.6 is 0 Å². The normalized spacial score (nSPS) is 11.8. The Morgan fingerprint density at radius 3 is 2.67 bits per heavy atom. The Labute approximate surface area is 157 Å². The Hall–Kier alpha value is -3.13. The molecule has 0 saturated heterocycles. The molecule has 0 aliphatic rings. The zero-order valence-corrected chi connectivity index (χ0v) is 15.8. The lowest BCUT2D eigenvalue weighted by Crippen LogP contribution is -2.13. The first-order chi connectivity index (χ1) is 13.0. The molecule has 0 unspecified atom stereocenters. The van der Waals surface area contributed by atoms with Gasteiger partial charge in [-0.1, -0.05) is 18.2 Å². The molecule has 0 spiro atoms. The van der Waals surface area contributed by atoms with Gasteiger partial charge in [-0.2, -0.15) is 8.42 Å². The van der Waals surface area contributed by atoms with E-state index in [0.29, 0.717) is 18.1 Å². The fourth-order valence-corrected chi connectivity index (χ4v) is 4.01. The van der Waals surface area contributed by atoms with E-state index in [1.165, 1.54) is 0 Å². The number of sulfonamides is 1. The molecular weight excluding hydrogens is 362 g/mol. The van der Waals surface area contributed by atoms with Gasteiger partial charge in [0.25, 0.3) is 10.0 Å². The van der Waals surface area contributed by atoms with Crippen LogP contribution in [-0.2, 0) is 16.6 Å². The van der Waals surface area contributed by atoms with E-state index in [9.17, 15) is 8.42 Å². The Morgan fingerprint density at radius 2 is 1.93 bits per heavy atom. The number of rotatable bonds is 5. The van der Waals surface area contributed by atoms with Crippen LogP contribution in [0.25, 0.3) is 16.9 Å². The fourth-order valence-electron chi connectivity index (χ4n) is 2.95. The Balaban J connectivity index is 1.65. The van der Waals surface area contributed by atoms with Crippen LogP contribution in [0.2, 0.25) is 0 Å². The van der Waals surface area contributed by atoms with Crippen molar-refractivity contribution in [2.75, 3.05) is 4.72 Å². The van der Waals surface area contributed by atoms with Gasteiger partial charge in [-0.05, 0) is 38.1 Å². The van der Waals surface area contributed by atoms with Crippen molar-refractivity contribution in [2.24, 2.45) is 0 Å². The maximum Gasteiger partial charge on any atom is 0.280 e. The summed E-state index contributed by atoms with van der Waals surface area (Å²) in [7, 11) is -3.76. The summed E-state index contributed by atoms with van der Waals surface area (Å²) < 4.78 is 31.7. The number of imidazole rings is 2. The number of aromatic nitrogens is 4. The summed E-state index contributed by atoms with van der Waals surface area (Å²) >= 11 is 0. The average Bonchev–Trinajstić information content (AvgIpc) is 3.25. The summed E-state index contributed by atoms with van der Waals surface area (Å²) in [4.78, 5) is 8.73. The minimum absolute atomic E-state index is 0.0139. The number of nitrogens with one attached hydrogen (secondary N) is 1. The molecule has 0 fully saturated rings. The van der Waals surface area contributed by atoms with Gasteiger partial charge in [-0.3, -0.25) is 4.72 Å². The van der Waals surface area contributed by atoms with E-state index >= 15 is 0 Å². The Kier molecular flexibility index (Phi) is 4.19. The van der Waals surface area contributed by atoms with Crippen molar-refractivity contribution in [1.29, 1.82) is 0 Å². The monoisotopic (exact) mass is 381 g/mol. The SMILES string of the molecule is CCn1cc(S(=O)(=O)Nc2cccc(-c3cn4ccccc4n3)c2)nc1C. The zero-order chi connectivity index (χ0) is 19.0. The summed E-state index contributed by atoms with van der Waals surface area (Å²) in [6, 6.07) is 12.9. The van der Waals surface area contributed by atoms with Gasteiger partial charge in [0.2, 0.25) is 0 Å². The van der Waals surface area contributed by atoms with E-state index in [2.05, 4.69) is 14.7 Å². The number of hydrogen-bond acceptors (Lipinski definition) is 4. The molecule has 4 aromatic rings. The standard InChI is InChI=1S/C19H19N5O2S/c1-3-23-13-19(20-14(23)2)27(25,26)22-16-8-6-7-15(11-16)17-12-24-10-5-4-9-18(24)21-17/h4-13,22H,3H2,1-2H3. The second-order valence-corrected chi connectivity index (χ2v) is 7.82. The average molecular weight is 381 g/mol. The number of nitrogens with zero attached hydrogens (tertiary/aromatic N) is 4. The summed E-state index contributed by atoms with van der Waals surface area (Å²) in [5.41, 5.74) is 2.90. The van der Waals surface area contributed by atoms with E-state index in [1.54, 1.807) is 35.9 Å². The molecule has 1 aromatic carbocycles. The largest absolute Gasteiger partial charge is 0.334 e.